The monoisotopic (exact) mass is 406 g/mol. The number of nitrogens with one attached hydrogen (secondary N) is 2. The average molecular weight is 406 g/mol. The molecule has 0 radical (unpaired) electrons. The van der Waals surface area contributed by atoms with E-state index in [0.717, 1.165) is 74.8 Å². The van der Waals surface area contributed by atoms with E-state index in [1.807, 2.05) is 30.3 Å². The number of amides is 1. The highest BCUT2D eigenvalue weighted by Crippen LogP contribution is 2.28. The predicted octanol–water partition coefficient (Wildman–Crippen LogP) is 2.70. The maximum atomic E-state index is 13.0. The van der Waals surface area contributed by atoms with Crippen molar-refractivity contribution in [3.8, 4) is 11.3 Å². The summed E-state index contributed by atoms with van der Waals surface area (Å²) < 4.78 is 7.76. The Kier molecular flexibility index (Phi) is 5.31. The molecule has 2 aliphatic heterocycles. The number of hydrogen-bond donors (Lipinski definition) is 2. The molecule has 1 aromatic carbocycles. The van der Waals surface area contributed by atoms with Crippen LogP contribution in [-0.2, 0) is 17.7 Å². The predicted molar refractivity (Wildman–Crippen MR) is 111 cm³/mol. The largest absolute Gasteiger partial charge is 0.381 e. The van der Waals surface area contributed by atoms with Gasteiger partial charge < -0.3 is 14.6 Å². The Labute approximate surface area is 175 Å². The SMILES string of the molecule is O=C(NC1CCc2nnc(C3CCOCC3)n2CC1)c1cn[nH]c1-c1ccccc1. The summed E-state index contributed by atoms with van der Waals surface area (Å²) in [7, 11) is 0. The van der Waals surface area contributed by atoms with Gasteiger partial charge in [0, 0.05) is 43.7 Å². The third-order valence-electron chi connectivity index (χ3n) is 6.14. The summed E-state index contributed by atoms with van der Waals surface area (Å²) in [4.78, 5) is 13.0. The van der Waals surface area contributed by atoms with Crippen LogP contribution in [0.4, 0.5) is 0 Å². The van der Waals surface area contributed by atoms with E-state index in [9.17, 15) is 4.79 Å². The van der Waals surface area contributed by atoms with Crippen LogP contribution in [-0.4, -0.2) is 50.1 Å². The first-order valence-corrected chi connectivity index (χ1v) is 10.7. The number of aryl methyl sites for hydroxylation is 1. The first kappa shape index (κ1) is 19.0. The number of carbonyl (C=O) groups is 1. The smallest absolute Gasteiger partial charge is 0.255 e. The molecule has 2 aliphatic rings. The molecular formula is C22H26N6O2. The van der Waals surface area contributed by atoms with Crippen LogP contribution in [0.15, 0.2) is 36.5 Å². The van der Waals surface area contributed by atoms with Crippen LogP contribution in [0.5, 0.6) is 0 Å². The highest BCUT2D eigenvalue weighted by Gasteiger charge is 2.27. The van der Waals surface area contributed by atoms with Crippen LogP contribution in [0.1, 0.15) is 53.6 Å². The summed E-state index contributed by atoms with van der Waals surface area (Å²) in [5, 5.41) is 19.2. The Morgan fingerprint density at radius 1 is 1.10 bits per heavy atom. The van der Waals surface area contributed by atoms with E-state index in [4.69, 9.17) is 4.74 Å². The lowest BCUT2D eigenvalue weighted by Gasteiger charge is -2.22. The quantitative estimate of drug-likeness (QED) is 0.694. The fourth-order valence-electron chi connectivity index (χ4n) is 4.46. The second-order valence-corrected chi connectivity index (χ2v) is 8.04. The van der Waals surface area contributed by atoms with Gasteiger partial charge in [-0.2, -0.15) is 5.10 Å². The summed E-state index contributed by atoms with van der Waals surface area (Å²) in [5.41, 5.74) is 2.28. The molecule has 1 saturated heterocycles. The number of hydrogen-bond acceptors (Lipinski definition) is 5. The molecule has 8 nitrogen and oxygen atoms in total. The second kappa shape index (κ2) is 8.39. The van der Waals surface area contributed by atoms with Crippen LogP contribution in [0.2, 0.25) is 0 Å². The van der Waals surface area contributed by atoms with Crippen molar-refractivity contribution < 1.29 is 9.53 Å². The number of rotatable bonds is 4. The van der Waals surface area contributed by atoms with Crippen molar-refractivity contribution in [2.75, 3.05) is 13.2 Å². The Morgan fingerprint density at radius 2 is 1.93 bits per heavy atom. The summed E-state index contributed by atoms with van der Waals surface area (Å²) in [6.45, 7) is 2.41. The molecule has 0 bridgehead atoms. The Bertz CT molecular complexity index is 1010. The Morgan fingerprint density at radius 3 is 2.77 bits per heavy atom. The zero-order valence-electron chi connectivity index (χ0n) is 16.9. The topological polar surface area (TPSA) is 97.7 Å². The molecule has 5 rings (SSSR count). The van der Waals surface area contributed by atoms with E-state index in [1.54, 1.807) is 6.20 Å². The number of ether oxygens (including phenoxy) is 1. The minimum atomic E-state index is -0.0880. The van der Waals surface area contributed by atoms with Gasteiger partial charge in [0.1, 0.15) is 11.6 Å². The van der Waals surface area contributed by atoms with E-state index in [2.05, 4.69) is 30.3 Å². The van der Waals surface area contributed by atoms with E-state index in [1.165, 1.54) is 0 Å². The van der Waals surface area contributed by atoms with Crippen molar-refractivity contribution in [1.29, 1.82) is 0 Å². The maximum Gasteiger partial charge on any atom is 0.255 e. The molecule has 1 fully saturated rings. The van der Waals surface area contributed by atoms with Gasteiger partial charge >= 0.3 is 0 Å². The molecule has 4 heterocycles. The summed E-state index contributed by atoms with van der Waals surface area (Å²) >= 11 is 0. The molecule has 0 spiro atoms. The number of fused-ring (bicyclic) bond motifs is 1. The van der Waals surface area contributed by atoms with Gasteiger partial charge in [-0.15, -0.1) is 10.2 Å². The van der Waals surface area contributed by atoms with Crippen LogP contribution in [0.25, 0.3) is 11.3 Å². The van der Waals surface area contributed by atoms with Crippen molar-refractivity contribution in [3.05, 3.63) is 53.7 Å². The molecule has 1 amide bonds. The number of nitrogens with zero attached hydrogens (tertiary/aromatic N) is 4. The van der Waals surface area contributed by atoms with Crippen LogP contribution < -0.4 is 5.32 Å². The molecule has 1 unspecified atom stereocenters. The second-order valence-electron chi connectivity index (χ2n) is 8.04. The summed E-state index contributed by atoms with van der Waals surface area (Å²) in [6.07, 6.45) is 6.15. The van der Waals surface area contributed by atoms with Gasteiger partial charge in [-0.3, -0.25) is 9.89 Å². The van der Waals surface area contributed by atoms with E-state index >= 15 is 0 Å². The highest BCUT2D eigenvalue weighted by molar-refractivity contribution is 5.99. The van der Waals surface area contributed by atoms with Gasteiger partial charge in [0.25, 0.3) is 5.91 Å². The lowest BCUT2D eigenvalue weighted by Crippen LogP contribution is -2.35. The zero-order valence-corrected chi connectivity index (χ0v) is 16.9. The lowest BCUT2D eigenvalue weighted by molar-refractivity contribution is 0.0826. The van der Waals surface area contributed by atoms with Crippen molar-refractivity contribution in [2.24, 2.45) is 0 Å². The Balaban J connectivity index is 1.27. The van der Waals surface area contributed by atoms with Crippen molar-refractivity contribution >= 4 is 5.91 Å². The maximum absolute atomic E-state index is 13.0. The molecule has 1 atom stereocenters. The number of aromatic nitrogens is 5. The van der Waals surface area contributed by atoms with E-state index < -0.39 is 0 Å². The lowest BCUT2D eigenvalue weighted by atomic mass is 9.99. The number of benzene rings is 1. The molecule has 2 aromatic heterocycles. The van der Waals surface area contributed by atoms with Gasteiger partial charge in [0.05, 0.1) is 17.5 Å². The fourth-order valence-corrected chi connectivity index (χ4v) is 4.46. The fraction of sp³-hybridized carbons (Fsp3) is 0.455. The molecule has 8 heteroatoms. The van der Waals surface area contributed by atoms with Gasteiger partial charge in [0.15, 0.2) is 0 Å². The Hall–Kier alpha value is -3.00. The minimum Gasteiger partial charge on any atom is -0.381 e. The van der Waals surface area contributed by atoms with Crippen LogP contribution in [0, 0.1) is 0 Å². The first-order chi connectivity index (χ1) is 14.8. The minimum absolute atomic E-state index is 0.0880. The third kappa shape index (κ3) is 3.75. The molecular weight excluding hydrogens is 380 g/mol. The molecule has 2 N–H and O–H groups in total. The van der Waals surface area contributed by atoms with E-state index in [0.29, 0.717) is 11.5 Å². The normalized spacial score (nSPS) is 19.8. The number of H-pyrrole nitrogens is 1. The first-order valence-electron chi connectivity index (χ1n) is 10.7. The average Bonchev–Trinajstić information content (AvgIpc) is 3.40. The van der Waals surface area contributed by atoms with Crippen LogP contribution in [0.3, 0.4) is 0 Å². The summed E-state index contributed by atoms with van der Waals surface area (Å²) in [6, 6.07) is 9.90. The zero-order chi connectivity index (χ0) is 20.3. The van der Waals surface area contributed by atoms with Gasteiger partial charge in [-0.25, -0.2) is 0 Å². The van der Waals surface area contributed by atoms with Gasteiger partial charge in [-0.1, -0.05) is 30.3 Å². The molecule has 30 heavy (non-hydrogen) atoms. The number of carbonyl (C=O) groups excluding carboxylic acids is 1. The van der Waals surface area contributed by atoms with Crippen molar-refractivity contribution in [3.63, 3.8) is 0 Å². The molecule has 3 aromatic rings. The van der Waals surface area contributed by atoms with Crippen molar-refractivity contribution in [2.45, 2.75) is 50.6 Å². The third-order valence-corrected chi connectivity index (χ3v) is 6.14. The van der Waals surface area contributed by atoms with Gasteiger partial charge in [0.2, 0.25) is 0 Å². The van der Waals surface area contributed by atoms with E-state index in [-0.39, 0.29) is 11.9 Å². The van der Waals surface area contributed by atoms with Crippen molar-refractivity contribution in [1.82, 2.24) is 30.3 Å². The number of aromatic amines is 1. The van der Waals surface area contributed by atoms with Gasteiger partial charge in [-0.05, 0) is 25.7 Å². The molecule has 156 valence electrons. The molecule has 0 aliphatic carbocycles. The summed E-state index contributed by atoms with van der Waals surface area (Å²) in [5.74, 6) is 2.45. The molecule has 0 saturated carbocycles. The van der Waals surface area contributed by atoms with Crippen LogP contribution >= 0.6 is 0 Å². The highest BCUT2D eigenvalue weighted by atomic mass is 16.5. The standard InChI is InChI=1S/C22H26N6O2/c29-22(18-14-23-26-20(18)15-4-2-1-3-5-15)24-17-6-7-19-25-27-21(28(19)11-8-17)16-9-12-30-13-10-16/h1-5,14,16-17H,6-13H2,(H,23,26)(H,24,29).